The predicted octanol–water partition coefficient (Wildman–Crippen LogP) is 3.82. The molecule has 0 saturated carbocycles. The second kappa shape index (κ2) is 7.27. The van der Waals surface area contributed by atoms with Crippen molar-refractivity contribution in [3.8, 4) is 5.75 Å². The lowest BCUT2D eigenvalue weighted by molar-refractivity contribution is 0.409. The highest BCUT2D eigenvalue weighted by Gasteiger charge is 2.02. The van der Waals surface area contributed by atoms with Crippen LogP contribution in [0.15, 0.2) is 42.5 Å². The molecule has 2 nitrogen and oxygen atoms in total. The molecule has 1 N–H and O–H groups in total. The van der Waals surface area contributed by atoms with E-state index in [0.29, 0.717) is 11.6 Å². The van der Waals surface area contributed by atoms with Gasteiger partial charge in [0.05, 0.1) is 7.11 Å². The molecule has 0 spiro atoms. The fourth-order valence-electron chi connectivity index (χ4n) is 2.08. The first-order valence-electron chi connectivity index (χ1n) is 6.46. The zero-order valence-corrected chi connectivity index (χ0v) is 12.1. The molecule has 2 aromatic rings. The van der Waals surface area contributed by atoms with Crippen LogP contribution in [0.5, 0.6) is 5.75 Å². The maximum atomic E-state index is 13.2. The number of hydrogen-bond donors (Lipinski definition) is 1. The van der Waals surface area contributed by atoms with E-state index in [9.17, 15) is 4.39 Å². The molecule has 2 aromatic carbocycles. The number of ether oxygens (including phenoxy) is 1. The highest BCUT2D eigenvalue weighted by molar-refractivity contribution is 6.30. The van der Waals surface area contributed by atoms with Crippen molar-refractivity contribution >= 4 is 11.6 Å². The number of hydrogen-bond acceptors (Lipinski definition) is 2. The van der Waals surface area contributed by atoms with Crippen molar-refractivity contribution in [2.45, 2.75) is 13.0 Å². The summed E-state index contributed by atoms with van der Waals surface area (Å²) in [6.07, 6.45) is 0.854. The maximum absolute atomic E-state index is 13.2. The summed E-state index contributed by atoms with van der Waals surface area (Å²) in [5.41, 5.74) is 2.00. The van der Waals surface area contributed by atoms with Crippen LogP contribution in [0, 0.1) is 5.82 Å². The summed E-state index contributed by atoms with van der Waals surface area (Å²) in [4.78, 5) is 0. The Labute approximate surface area is 123 Å². The van der Waals surface area contributed by atoms with Crippen LogP contribution in [0.25, 0.3) is 0 Å². The minimum atomic E-state index is -0.306. The largest absolute Gasteiger partial charge is 0.496 e. The Bertz CT molecular complexity index is 554. The van der Waals surface area contributed by atoms with E-state index in [0.717, 1.165) is 29.8 Å². The fraction of sp³-hybridized carbons (Fsp3) is 0.250. The Morgan fingerprint density at radius 3 is 2.75 bits per heavy atom. The van der Waals surface area contributed by atoms with E-state index in [1.165, 1.54) is 12.1 Å². The summed E-state index contributed by atoms with van der Waals surface area (Å²) in [5.74, 6) is 0.585. The first-order chi connectivity index (χ1) is 9.69. The first-order valence-corrected chi connectivity index (χ1v) is 6.84. The number of benzene rings is 2. The molecule has 0 unspecified atom stereocenters. The number of rotatable bonds is 6. The van der Waals surface area contributed by atoms with E-state index in [4.69, 9.17) is 16.3 Å². The second-order valence-electron chi connectivity index (χ2n) is 4.52. The lowest BCUT2D eigenvalue weighted by Crippen LogP contribution is -2.17. The van der Waals surface area contributed by atoms with Crippen LogP contribution < -0.4 is 10.1 Å². The van der Waals surface area contributed by atoms with Gasteiger partial charge in [-0.2, -0.15) is 0 Å². The molecule has 0 aromatic heterocycles. The summed E-state index contributed by atoms with van der Waals surface area (Å²) in [6, 6.07) is 12.5. The third kappa shape index (κ3) is 4.22. The highest BCUT2D eigenvalue weighted by atomic mass is 35.5. The van der Waals surface area contributed by atoms with Crippen LogP contribution >= 0.6 is 11.6 Å². The van der Waals surface area contributed by atoms with Crippen molar-refractivity contribution in [1.29, 1.82) is 0 Å². The normalized spacial score (nSPS) is 10.6. The highest BCUT2D eigenvalue weighted by Crippen LogP contribution is 2.17. The maximum Gasteiger partial charge on any atom is 0.125 e. The van der Waals surface area contributed by atoms with Gasteiger partial charge in [-0.25, -0.2) is 4.39 Å². The smallest absolute Gasteiger partial charge is 0.125 e. The topological polar surface area (TPSA) is 21.3 Å². The van der Waals surface area contributed by atoms with E-state index >= 15 is 0 Å². The van der Waals surface area contributed by atoms with Crippen LogP contribution in [-0.2, 0) is 13.0 Å². The number of nitrogens with one attached hydrogen (secondary N) is 1. The van der Waals surface area contributed by atoms with E-state index in [-0.39, 0.29) is 5.82 Å². The number of para-hydroxylation sites is 1. The standard InChI is InChI=1S/C16H17ClFNO/c1-20-16-5-3-2-4-13(16)6-7-19-11-12-8-14(17)10-15(18)9-12/h2-5,8-10,19H,6-7,11H2,1H3. The molecule has 4 heteroatoms. The van der Waals surface area contributed by atoms with Crippen molar-refractivity contribution in [1.82, 2.24) is 5.32 Å². The zero-order valence-electron chi connectivity index (χ0n) is 11.3. The SMILES string of the molecule is COc1ccccc1CCNCc1cc(F)cc(Cl)c1. The monoisotopic (exact) mass is 293 g/mol. The Balaban J connectivity index is 1.84. The molecule has 2 rings (SSSR count). The Morgan fingerprint density at radius 2 is 2.00 bits per heavy atom. The predicted molar refractivity (Wildman–Crippen MR) is 79.8 cm³/mol. The Morgan fingerprint density at radius 1 is 1.20 bits per heavy atom. The van der Waals surface area contributed by atoms with Crippen molar-refractivity contribution in [3.05, 3.63) is 64.4 Å². The van der Waals surface area contributed by atoms with Crippen molar-refractivity contribution in [3.63, 3.8) is 0 Å². The average molecular weight is 294 g/mol. The van der Waals surface area contributed by atoms with Gasteiger partial charge < -0.3 is 10.1 Å². The first kappa shape index (κ1) is 14.8. The van der Waals surface area contributed by atoms with E-state index in [2.05, 4.69) is 5.32 Å². The van der Waals surface area contributed by atoms with Gasteiger partial charge in [0.15, 0.2) is 0 Å². The van der Waals surface area contributed by atoms with Crippen LogP contribution in [0.2, 0.25) is 5.02 Å². The molecule has 20 heavy (non-hydrogen) atoms. The minimum Gasteiger partial charge on any atom is -0.496 e. The van der Waals surface area contributed by atoms with Gasteiger partial charge in [-0.15, -0.1) is 0 Å². The Kier molecular flexibility index (Phi) is 5.39. The van der Waals surface area contributed by atoms with Crippen LogP contribution in [0.4, 0.5) is 4.39 Å². The second-order valence-corrected chi connectivity index (χ2v) is 4.95. The van der Waals surface area contributed by atoms with Gasteiger partial charge in [-0.3, -0.25) is 0 Å². The van der Waals surface area contributed by atoms with Gasteiger partial charge >= 0.3 is 0 Å². The minimum absolute atomic E-state index is 0.306. The molecule has 0 fully saturated rings. The van der Waals surface area contributed by atoms with E-state index < -0.39 is 0 Å². The molecule has 0 amide bonds. The summed E-state index contributed by atoms with van der Waals surface area (Å²) in [7, 11) is 1.67. The Hall–Kier alpha value is -1.58. The van der Waals surface area contributed by atoms with Gasteiger partial charge in [0.2, 0.25) is 0 Å². The average Bonchev–Trinajstić information content (AvgIpc) is 2.43. The van der Waals surface area contributed by atoms with Crippen molar-refractivity contribution < 1.29 is 9.13 Å². The zero-order chi connectivity index (χ0) is 14.4. The molecular formula is C16H17ClFNO. The molecular weight excluding hydrogens is 277 g/mol. The summed E-state index contributed by atoms with van der Waals surface area (Å²) in [6.45, 7) is 1.38. The molecule has 0 radical (unpaired) electrons. The molecule has 106 valence electrons. The quantitative estimate of drug-likeness (QED) is 0.818. The van der Waals surface area contributed by atoms with Gasteiger partial charge in [0.1, 0.15) is 11.6 Å². The van der Waals surface area contributed by atoms with Gasteiger partial charge in [-0.1, -0.05) is 29.8 Å². The van der Waals surface area contributed by atoms with E-state index in [1.807, 2.05) is 24.3 Å². The molecule has 0 aliphatic carbocycles. The molecule has 0 aliphatic rings. The number of methoxy groups -OCH3 is 1. The fourth-order valence-corrected chi connectivity index (χ4v) is 2.32. The van der Waals surface area contributed by atoms with Crippen LogP contribution in [-0.4, -0.2) is 13.7 Å². The molecule has 0 atom stereocenters. The van der Waals surface area contributed by atoms with Crippen molar-refractivity contribution in [2.24, 2.45) is 0 Å². The van der Waals surface area contributed by atoms with Gasteiger partial charge in [0.25, 0.3) is 0 Å². The molecule has 0 saturated heterocycles. The third-order valence-corrected chi connectivity index (χ3v) is 3.23. The number of halogens is 2. The molecule has 0 aliphatic heterocycles. The third-order valence-electron chi connectivity index (χ3n) is 3.02. The van der Waals surface area contributed by atoms with Crippen LogP contribution in [0.3, 0.4) is 0 Å². The van der Waals surface area contributed by atoms with Crippen LogP contribution in [0.1, 0.15) is 11.1 Å². The summed E-state index contributed by atoms with van der Waals surface area (Å²) >= 11 is 5.81. The van der Waals surface area contributed by atoms with Gasteiger partial charge in [0, 0.05) is 11.6 Å². The lowest BCUT2D eigenvalue weighted by Gasteiger charge is -2.09. The summed E-state index contributed by atoms with van der Waals surface area (Å²) < 4.78 is 18.5. The summed E-state index contributed by atoms with van der Waals surface area (Å²) in [5, 5.41) is 3.70. The van der Waals surface area contributed by atoms with Crippen molar-refractivity contribution in [2.75, 3.05) is 13.7 Å². The van der Waals surface area contributed by atoms with E-state index in [1.54, 1.807) is 13.2 Å². The van der Waals surface area contributed by atoms with Gasteiger partial charge in [-0.05, 0) is 48.4 Å². The lowest BCUT2D eigenvalue weighted by atomic mass is 10.1. The molecule has 0 bridgehead atoms. The molecule has 0 heterocycles.